The molecule has 1 saturated heterocycles. The molecule has 4 rings (SSSR count). The first-order valence-corrected chi connectivity index (χ1v) is 15.3. The highest BCUT2D eigenvalue weighted by atomic mass is 16.7. The average Bonchev–Trinajstić information content (AvgIpc) is 3.02. The van der Waals surface area contributed by atoms with Crippen LogP contribution in [0.1, 0.15) is 69.4 Å². The number of aryl methyl sites for hydroxylation is 1. The fourth-order valence-electron chi connectivity index (χ4n) is 6.09. The Bertz CT molecular complexity index is 1240. The van der Waals surface area contributed by atoms with Crippen LogP contribution < -0.4 is 0 Å². The largest absolute Gasteiger partial charge is 0.462 e. The van der Waals surface area contributed by atoms with Gasteiger partial charge >= 0.3 is 11.9 Å². The first-order chi connectivity index (χ1) is 20.3. The Kier molecular flexibility index (Phi) is 11.8. The summed E-state index contributed by atoms with van der Waals surface area (Å²) in [5.74, 6) is -0.00307. The Morgan fingerprint density at radius 1 is 0.952 bits per heavy atom. The van der Waals surface area contributed by atoms with E-state index < -0.39 is 24.8 Å². The summed E-state index contributed by atoms with van der Waals surface area (Å²) < 4.78 is 22.9. The first-order valence-electron chi connectivity index (χ1n) is 15.3. The molecule has 1 atom stereocenters. The first kappa shape index (κ1) is 31.9. The molecule has 1 saturated carbocycles. The molecule has 2 aromatic carbocycles. The highest BCUT2D eigenvalue weighted by Gasteiger charge is 2.35. The second kappa shape index (κ2) is 15.5. The van der Waals surface area contributed by atoms with Gasteiger partial charge in [-0.1, -0.05) is 62.9 Å². The molecule has 1 aliphatic heterocycles. The van der Waals surface area contributed by atoms with Crippen LogP contribution in [0.25, 0.3) is 10.8 Å². The monoisotopic (exact) mass is 578 g/mol. The Hall–Kier alpha value is -3.00. The third kappa shape index (κ3) is 8.52. The second-order valence-corrected chi connectivity index (χ2v) is 11.9. The number of hydrogen-bond acceptors (Lipinski definition) is 7. The van der Waals surface area contributed by atoms with Crippen molar-refractivity contribution in [3.8, 4) is 0 Å². The van der Waals surface area contributed by atoms with Gasteiger partial charge in [-0.2, -0.15) is 0 Å². The lowest BCUT2D eigenvalue weighted by Gasteiger charge is -2.39. The normalized spacial score (nSPS) is 23.2. The maximum Gasteiger partial charge on any atom is 0.335 e. The molecule has 1 N–H and O–H groups in total. The maximum absolute atomic E-state index is 12.0. The van der Waals surface area contributed by atoms with Crippen molar-refractivity contribution in [2.75, 3.05) is 33.0 Å². The summed E-state index contributed by atoms with van der Waals surface area (Å²) in [5, 5.41) is 11.7. The summed E-state index contributed by atoms with van der Waals surface area (Å²) in [4.78, 5) is 23.9. The lowest BCUT2D eigenvalue weighted by atomic mass is 9.74. The Morgan fingerprint density at radius 3 is 2.31 bits per heavy atom. The maximum atomic E-state index is 12.0. The number of aliphatic hydroxyl groups excluding tert-OH is 1. The second-order valence-electron chi connectivity index (χ2n) is 11.9. The van der Waals surface area contributed by atoms with Crippen LogP contribution in [0.2, 0.25) is 0 Å². The molecule has 1 unspecified atom stereocenters. The third-order valence-electron chi connectivity index (χ3n) is 8.69. The SMILES string of the molecule is C=C(C)C(=O)OCC(CCOC(=O)C(=C)CO)C1OCC(C2CCC(c3ccc4cc(CCC)ccc4c3)CC2)CO1. The fraction of sp³-hybridized carbons (Fsp3) is 0.543. The number of aliphatic hydroxyl groups is 1. The summed E-state index contributed by atoms with van der Waals surface area (Å²) in [6, 6.07) is 13.8. The lowest BCUT2D eigenvalue weighted by molar-refractivity contribution is -0.239. The minimum Gasteiger partial charge on any atom is -0.462 e. The Balaban J connectivity index is 1.27. The van der Waals surface area contributed by atoms with E-state index in [0.29, 0.717) is 43.0 Å². The molecular weight excluding hydrogens is 532 g/mol. The quantitative estimate of drug-likeness (QED) is 0.221. The summed E-state index contributed by atoms with van der Waals surface area (Å²) in [7, 11) is 0. The van der Waals surface area contributed by atoms with Crippen LogP contribution in [-0.4, -0.2) is 56.4 Å². The number of rotatable bonds is 13. The van der Waals surface area contributed by atoms with Gasteiger partial charge in [0.1, 0.15) is 0 Å². The van der Waals surface area contributed by atoms with Gasteiger partial charge in [-0.25, -0.2) is 9.59 Å². The summed E-state index contributed by atoms with van der Waals surface area (Å²) in [6.07, 6.45) is 6.70. The van der Waals surface area contributed by atoms with Crippen LogP contribution in [0.5, 0.6) is 0 Å². The highest BCUT2D eigenvalue weighted by molar-refractivity contribution is 5.88. The molecule has 0 bridgehead atoms. The van der Waals surface area contributed by atoms with Gasteiger partial charge in [-0.3, -0.25) is 0 Å². The molecular formula is C35H46O7. The van der Waals surface area contributed by atoms with Gasteiger partial charge in [0.25, 0.3) is 0 Å². The van der Waals surface area contributed by atoms with Gasteiger partial charge in [0.05, 0.1) is 38.6 Å². The van der Waals surface area contributed by atoms with Crippen molar-refractivity contribution in [1.29, 1.82) is 0 Å². The molecule has 2 aliphatic rings. The van der Waals surface area contributed by atoms with Gasteiger partial charge < -0.3 is 24.1 Å². The molecule has 42 heavy (non-hydrogen) atoms. The molecule has 0 amide bonds. The molecule has 0 radical (unpaired) electrons. The standard InChI is InChI=1S/C35H46O7/c1-5-6-25-7-8-30-18-29(14-13-28(30)17-25)26-9-11-27(12-10-26)32-21-41-35(42-22-32)31(20-40-33(37)23(2)3)15-16-39-34(38)24(4)19-36/h7-8,13-14,17-18,26-27,31-32,35-36H,2,4-6,9-12,15-16,19-22H2,1,3H3. The molecule has 1 heterocycles. The number of hydrogen-bond donors (Lipinski definition) is 1. The molecule has 2 aromatic rings. The summed E-state index contributed by atoms with van der Waals surface area (Å²) in [5.41, 5.74) is 3.15. The van der Waals surface area contributed by atoms with Gasteiger partial charge in [0.15, 0.2) is 6.29 Å². The number of carbonyl (C=O) groups is 2. The van der Waals surface area contributed by atoms with E-state index in [1.54, 1.807) is 6.92 Å². The summed E-state index contributed by atoms with van der Waals surface area (Å²) in [6.45, 7) is 11.8. The number of ether oxygens (including phenoxy) is 4. The van der Waals surface area contributed by atoms with Crippen molar-refractivity contribution >= 4 is 22.7 Å². The van der Waals surface area contributed by atoms with E-state index >= 15 is 0 Å². The zero-order valence-corrected chi connectivity index (χ0v) is 25.1. The Labute approximate surface area is 249 Å². The van der Waals surface area contributed by atoms with E-state index in [1.165, 1.54) is 21.9 Å². The van der Waals surface area contributed by atoms with E-state index in [4.69, 9.17) is 24.1 Å². The smallest absolute Gasteiger partial charge is 0.335 e. The van der Waals surface area contributed by atoms with Crippen LogP contribution in [0.15, 0.2) is 60.7 Å². The van der Waals surface area contributed by atoms with Crippen LogP contribution >= 0.6 is 0 Å². The zero-order chi connectivity index (χ0) is 30.1. The van der Waals surface area contributed by atoms with Crippen molar-refractivity contribution in [1.82, 2.24) is 0 Å². The van der Waals surface area contributed by atoms with E-state index in [0.717, 1.165) is 38.5 Å². The predicted octanol–water partition coefficient (Wildman–Crippen LogP) is 6.27. The predicted molar refractivity (Wildman–Crippen MR) is 163 cm³/mol. The molecule has 0 spiro atoms. The molecule has 7 heteroatoms. The molecule has 7 nitrogen and oxygen atoms in total. The van der Waals surface area contributed by atoms with E-state index in [1.807, 2.05) is 0 Å². The molecule has 0 aromatic heterocycles. The van der Waals surface area contributed by atoms with E-state index in [2.05, 4.69) is 56.5 Å². The van der Waals surface area contributed by atoms with Crippen LogP contribution in [0.4, 0.5) is 0 Å². The molecule has 1 aliphatic carbocycles. The lowest BCUT2D eigenvalue weighted by Crippen LogP contribution is -2.42. The van der Waals surface area contributed by atoms with Gasteiger partial charge in [0, 0.05) is 17.4 Å². The van der Waals surface area contributed by atoms with Gasteiger partial charge in [-0.15, -0.1) is 0 Å². The van der Waals surface area contributed by atoms with Crippen LogP contribution in [-0.2, 0) is 35.0 Å². The topological polar surface area (TPSA) is 91.3 Å². The summed E-state index contributed by atoms with van der Waals surface area (Å²) >= 11 is 0. The number of carbonyl (C=O) groups excluding carboxylic acids is 2. The van der Waals surface area contributed by atoms with E-state index in [-0.39, 0.29) is 24.7 Å². The van der Waals surface area contributed by atoms with Crippen molar-refractivity contribution < 1.29 is 33.6 Å². The van der Waals surface area contributed by atoms with Crippen molar-refractivity contribution in [3.63, 3.8) is 0 Å². The highest BCUT2D eigenvalue weighted by Crippen LogP contribution is 2.41. The van der Waals surface area contributed by atoms with Crippen molar-refractivity contribution in [2.24, 2.45) is 17.8 Å². The fourth-order valence-corrected chi connectivity index (χ4v) is 6.09. The van der Waals surface area contributed by atoms with Crippen LogP contribution in [0.3, 0.4) is 0 Å². The van der Waals surface area contributed by atoms with Gasteiger partial charge in [0.2, 0.25) is 0 Å². The number of benzene rings is 2. The third-order valence-corrected chi connectivity index (χ3v) is 8.69. The Morgan fingerprint density at radius 2 is 1.64 bits per heavy atom. The minimum absolute atomic E-state index is 0.00963. The molecule has 228 valence electrons. The molecule has 2 fully saturated rings. The minimum atomic E-state index is -0.652. The number of esters is 2. The van der Waals surface area contributed by atoms with Crippen molar-refractivity contribution in [2.45, 2.75) is 71.0 Å². The van der Waals surface area contributed by atoms with Gasteiger partial charge in [-0.05, 0) is 79.2 Å². The van der Waals surface area contributed by atoms with Crippen molar-refractivity contribution in [3.05, 3.63) is 71.8 Å². The number of fused-ring (bicyclic) bond motifs is 1. The zero-order valence-electron chi connectivity index (χ0n) is 25.1. The average molecular weight is 579 g/mol. The van der Waals surface area contributed by atoms with E-state index in [9.17, 15) is 9.59 Å². The van der Waals surface area contributed by atoms with Crippen LogP contribution in [0, 0.1) is 17.8 Å².